The molecule has 1 heterocycles. The van der Waals surface area contributed by atoms with E-state index in [1.54, 1.807) is 18.2 Å². The molecule has 128 valence electrons. The number of hydrogen-bond acceptors (Lipinski definition) is 3. The van der Waals surface area contributed by atoms with Crippen molar-refractivity contribution in [3.63, 3.8) is 0 Å². The Morgan fingerprint density at radius 1 is 0.960 bits per heavy atom. The van der Waals surface area contributed by atoms with Crippen LogP contribution in [0.3, 0.4) is 0 Å². The summed E-state index contributed by atoms with van der Waals surface area (Å²) >= 11 is 7.17. The quantitative estimate of drug-likeness (QED) is 0.674. The Bertz CT molecular complexity index is 982. The first-order chi connectivity index (χ1) is 12.0. The largest absolute Gasteiger partial charge is 0.250 e. The van der Waals surface area contributed by atoms with Crippen LogP contribution in [0.1, 0.15) is 17.9 Å². The molecule has 0 radical (unpaired) electrons. The third-order valence-corrected chi connectivity index (χ3v) is 7.67. The maximum atomic E-state index is 12.6. The molecule has 3 nitrogen and oxygen atoms in total. The first-order valence-electron chi connectivity index (χ1n) is 7.96. The molecule has 1 aliphatic carbocycles. The van der Waals surface area contributed by atoms with Crippen molar-refractivity contribution in [3.05, 3.63) is 77.3 Å². The summed E-state index contributed by atoms with van der Waals surface area (Å²) in [6.45, 7) is 0. The molecule has 0 saturated heterocycles. The van der Waals surface area contributed by atoms with Gasteiger partial charge >= 0.3 is 0 Å². The van der Waals surface area contributed by atoms with Gasteiger partial charge in [0, 0.05) is 21.9 Å². The number of nitrogens with one attached hydrogen (secondary N) is 1. The Balaban J connectivity index is 1.49. The molecule has 0 bridgehead atoms. The second kappa shape index (κ2) is 6.57. The van der Waals surface area contributed by atoms with Crippen molar-refractivity contribution in [1.82, 2.24) is 4.72 Å². The molecular formula is C19H16ClNO2S2. The number of hydrogen-bond donors (Lipinski definition) is 1. The smallest absolute Gasteiger partial charge is 0.207 e. The van der Waals surface area contributed by atoms with Crippen LogP contribution >= 0.6 is 22.9 Å². The van der Waals surface area contributed by atoms with E-state index in [0.717, 1.165) is 16.9 Å². The van der Waals surface area contributed by atoms with Gasteiger partial charge in [0.05, 0.1) is 0 Å². The van der Waals surface area contributed by atoms with Crippen molar-refractivity contribution in [2.45, 2.75) is 22.6 Å². The molecule has 6 heteroatoms. The van der Waals surface area contributed by atoms with Gasteiger partial charge in [-0.1, -0.05) is 54.1 Å². The summed E-state index contributed by atoms with van der Waals surface area (Å²) in [7, 11) is -3.49. The van der Waals surface area contributed by atoms with Gasteiger partial charge in [-0.25, -0.2) is 13.1 Å². The third-order valence-electron chi connectivity index (χ3n) is 4.30. The van der Waals surface area contributed by atoms with E-state index in [1.165, 1.54) is 16.9 Å². The van der Waals surface area contributed by atoms with E-state index in [0.29, 0.717) is 9.23 Å². The highest BCUT2D eigenvalue weighted by atomic mass is 35.5. The standard InChI is InChI=1S/C19H16ClNO2S2/c20-15-8-6-14(7-9-15)18-10-11-19(24-18)25(22,23)21-17-12-16(17)13-4-2-1-3-5-13/h1-11,16-17,21H,12H2/t16-,17+/m1/s1. The van der Waals surface area contributed by atoms with E-state index in [9.17, 15) is 8.42 Å². The molecule has 2 atom stereocenters. The van der Waals surface area contributed by atoms with Gasteiger partial charge in [0.25, 0.3) is 0 Å². The highest BCUT2D eigenvalue weighted by Crippen LogP contribution is 2.42. The Labute approximate surface area is 156 Å². The molecule has 1 aromatic heterocycles. The van der Waals surface area contributed by atoms with E-state index in [-0.39, 0.29) is 12.0 Å². The Morgan fingerprint density at radius 2 is 1.68 bits per heavy atom. The number of thiophene rings is 1. The molecule has 25 heavy (non-hydrogen) atoms. The molecule has 3 aromatic rings. The number of benzene rings is 2. The second-order valence-electron chi connectivity index (χ2n) is 6.11. The van der Waals surface area contributed by atoms with Gasteiger partial charge < -0.3 is 0 Å². The highest BCUT2D eigenvalue weighted by molar-refractivity contribution is 7.91. The van der Waals surface area contributed by atoms with Gasteiger partial charge in [-0.2, -0.15) is 0 Å². The van der Waals surface area contributed by atoms with Crippen molar-refractivity contribution in [2.24, 2.45) is 0 Å². The van der Waals surface area contributed by atoms with Gasteiger partial charge in [0.1, 0.15) is 4.21 Å². The Kier molecular flexibility index (Phi) is 4.41. The Hall–Kier alpha value is -1.66. The highest BCUT2D eigenvalue weighted by Gasteiger charge is 2.41. The van der Waals surface area contributed by atoms with Crippen LogP contribution in [0, 0.1) is 0 Å². The van der Waals surface area contributed by atoms with Crippen molar-refractivity contribution < 1.29 is 8.42 Å². The molecule has 0 spiro atoms. The van der Waals surface area contributed by atoms with Crippen LogP contribution < -0.4 is 4.72 Å². The van der Waals surface area contributed by atoms with E-state index < -0.39 is 10.0 Å². The topological polar surface area (TPSA) is 46.2 Å². The van der Waals surface area contributed by atoms with Crippen molar-refractivity contribution in [1.29, 1.82) is 0 Å². The average molecular weight is 390 g/mol. The predicted octanol–water partition coefficient (Wildman–Crippen LogP) is 4.90. The van der Waals surface area contributed by atoms with Gasteiger partial charge in [-0.05, 0) is 41.8 Å². The SMILES string of the molecule is O=S(=O)(N[C@H]1C[C@@H]1c1ccccc1)c1ccc(-c2ccc(Cl)cc2)s1. The van der Waals surface area contributed by atoms with Crippen LogP contribution in [0.4, 0.5) is 0 Å². The van der Waals surface area contributed by atoms with E-state index in [1.807, 2.05) is 48.5 Å². The predicted molar refractivity (Wildman–Crippen MR) is 103 cm³/mol. The van der Waals surface area contributed by atoms with Crippen LogP contribution in [-0.4, -0.2) is 14.5 Å². The van der Waals surface area contributed by atoms with E-state index in [4.69, 9.17) is 11.6 Å². The van der Waals surface area contributed by atoms with Gasteiger partial charge in [-0.3, -0.25) is 0 Å². The maximum absolute atomic E-state index is 12.6. The molecule has 1 saturated carbocycles. The van der Waals surface area contributed by atoms with E-state index >= 15 is 0 Å². The van der Waals surface area contributed by atoms with Crippen LogP contribution in [0.25, 0.3) is 10.4 Å². The molecule has 4 rings (SSSR count). The summed E-state index contributed by atoms with van der Waals surface area (Å²) < 4.78 is 28.4. The zero-order chi connectivity index (χ0) is 17.4. The number of halogens is 1. The Morgan fingerprint density at radius 3 is 2.40 bits per heavy atom. The maximum Gasteiger partial charge on any atom is 0.250 e. The molecule has 1 fully saturated rings. The summed E-state index contributed by atoms with van der Waals surface area (Å²) in [4.78, 5) is 0.910. The first kappa shape index (κ1) is 16.8. The number of rotatable bonds is 5. The molecule has 0 amide bonds. The van der Waals surface area contributed by atoms with Crippen LogP contribution in [0.2, 0.25) is 5.02 Å². The summed E-state index contributed by atoms with van der Waals surface area (Å²) in [6.07, 6.45) is 0.846. The van der Waals surface area contributed by atoms with Gasteiger partial charge in [0.15, 0.2) is 0 Å². The first-order valence-corrected chi connectivity index (χ1v) is 10.6. The minimum absolute atomic E-state index is 0.0199. The van der Waals surface area contributed by atoms with Crippen LogP contribution in [0.5, 0.6) is 0 Å². The van der Waals surface area contributed by atoms with Crippen LogP contribution in [-0.2, 0) is 10.0 Å². The van der Waals surface area contributed by atoms with Crippen molar-refractivity contribution >= 4 is 33.0 Å². The molecular weight excluding hydrogens is 374 g/mol. The summed E-state index contributed by atoms with van der Waals surface area (Å²) in [6, 6.07) is 20.9. The minimum atomic E-state index is -3.49. The molecule has 1 N–H and O–H groups in total. The normalized spacial score (nSPS) is 19.7. The minimum Gasteiger partial charge on any atom is -0.207 e. The molecule has 0 unspecified atom stereocenters. The van der Waals surface area contributed by atoms with Crippen LogP contribution in [0.15, 0.2) is 70.9 Å². The molecule has 1 aliphatic rings. The average Bonchev–Trinajstić information content (AvgIpc) is 3.17. The van der Waals surface area contributed by atoms with Crippen molar-refractivity contribution in [3.8, 4) is 10.4 Å². The van der Waals surface area contributed by atoms with Gasteiger partial charge in [-0.15, -0.1) is 11.3 Å². The monoisotopic (exact) mass is 389 g/mol. The third kappa shape index (κ3) is 3.65. The molecule has 0 aliphatic heterocycles. The van der Waals surface area contributed by atoms with E-state index in [2.05, 4.69) is 4.72 Å². The number of sulfonamides is 1. The summed E-state index contributed by atoms with van der Waals surface area (Å²) in [5.41, 5.74) is 2.15. The van der Waals surface area contributed by atoms with Gasteiger partial charge in [0.2, 0.25) is 10.0 Å². The lowest BCUT2D eigenvalue weighted by molar-refractivity contribution is 0.582. The van der Waals surface area contributed by atoms with Crippen molar-refractivity contribution in [2.75, 3.05) is 0 Å². The zero-order valence-corrected chi connectivity index (χ0v) is 15.6. The molecule has 2 aromatic carbocycles. The summed E-state index contributed by atoms with van der Waals surface area (Å²) in [5, 5.41) is 0.663. The second-order valence-corrected chi connectivity index (χ2v) is 9.57. The zero-order valence-electron chi connectivity index (χ0n) is 13.2. The lowest BCUT2D eigenvalue weighted by atomic mass is 10.1. The summed E-state index contributed by atoms with van der Waals surface area (Å²) in [5.74, 6) is 0.270. The lowest BCUT2D eigenvalue weighted by Gasteiger charge is -2.04. The fourth-order valence-corrected chi connectivity index (χ4v) is 5.63. The lowest BCUT2D eigenvalue weighted by Crippen LogP contribution is -2.26. The fourth-order valence-electron chi connectivity index (χ4n) is 2.89. The fraction of sp³-hybridized carbons (Fsp3) is 0.158.